The highest BCUT2D eigenvalue weighted by molar-refractivity contribution is 5.86. The lowest BCUT2D eigenvalue weighted by molar-refractivity contribution is 0.160. The van der Waals surface area contributed by atoms with Gasteiger partial charge in [-0.15, -0.1) is 0 Å². The van der Waals surface area contributed by atoms with E-state index in [0.29, 0.717) is 5.56 Å². The summed E-state index contributed by atoms with van der Waals surface area (Å²) in [5.41, 5.74) is 2.88. The Morgan fingerprint density at radius 2 is 1.33 bits per heavy atom. The second-order valence-corrected chi connectivity index (χ2v) is 7.54. The van der Waals surface area contributed by atoms with E-state index in [2.05, 4.69) is 4.98 Å². The fourth-order valence-corrected chi connectivity index (χ4v) is 4.28. The first-order valence-corrected chi connectivity index (χ1v) is 10.0. The molecule has 0 amide bonds. The molecule has 3 heteroatoms. The Morgan fingerprint density at radius 3 is 2.17 bits per heavy atom. The molecule has 0 fully saturated rings. The van der Waals surface area contributed by atoms with Crippen LogP contribution in [-0.4, -0.2) is 10.1 Å². The van der Waals surface area contributed by atoms with Crippen LogP contribution < -0.4 is 5.56 Å². The first-order valence-electron chi connectivity index (χ1n) is 10.0. The van der Waals surface area contributed by atoms with Crippen LogP contribution >= 0.6 is 0 Å². The molecule has 0 bridgehead atoms. The van der Waals surface area contributed by atoms with E-state index < -0.39 is 12.0 Å². The number of aliphatic hydroxyl groups is 1. The number of fused-ring (bicyclic) bond motifs is 2. The van der Waals surface area contributed by atoms with Crippen molar-refractivity contribution in [3.05, 3.63) is 130 Å². The molecular weight excluding hydrogens is 370 g/mol. The predicted octanol–water partition coefficient (Wildman–Crippen LogP) is 5.55. The van der Waals surface area contributed by atoms with Gasteiger partial charge in [0.2, 0.25) is 0 Å². The average molecular weight is 391 g/mol. The summed E-state index contributed by atoms with van der Waals surface area (Å²) >= 11 is 0. The molecular formula is C27H21NO2. The molecule has 5 rings (SSSR count). The third kappa shape index (κ3) is 3.19. The van der Waals surface area contributed by atoms with Crippen LogP contribution in [0.15, 0.2) is 108 Å². The largest absolute Gasteiger partial charge is 0.387 e. The smallest absolute Gasteiger partial charge is 0.252 e. The summed E-state index contributed by atoms with van der Waals surface area (Å²) < 4.78 is 0. The molecule has 30 heavy (non-hydrogen) atoms. The second kappa shape index (κ2) is 7.62. The SMILES string of the molecule is O=c1[nH]c2ccccc2cc1C(c1ccccc1)C(O)c1cccc2ccccc12. The molecule has 146 valence electrons. The Morgan fingerprint density at radius 1 is 0.667 bits per heavy atom. The van der Waals surface area contributed by atoms with Gasteiger partial charge in [0.15, 0.2) is 0 Å². The zero-order valence-corrected chi connectivity index (χ0v) is 16.3. The van der Waals surface area contributed by atoms with Crippen molar-refractivity contribution in [2.45, 2.75) is 12.0 Å². The summed E-state index contributed by atoms with van der Waals surface area (Å²) in [5, 5.41) is 14.6. The van der Waals surface area contributed by atoms with Crippen molar-refractivity contribution < 1.29 is 5.11 Å². The maximum atomic E-state index is 13.1. The molecule has 0 saturated heterocycles. The van der Waals surface area contributed by atoms with E-state index >= 15 is 0 Å². The van der Waals surface area contributed by atoms with Gasteiger partial charge >= 0.3 is 0 Å². The molecule has 0 saturated carbocycles. The van der Waals surface area contributed by atoms with Gasteiger partial charge in [0.05, 0.1) is 6.10 Å². The lowest BCUT2D eigenvalue weighted by Gasteiger charge is -2.25. The fourth-order valence-electron chi connectivity index (χ4n) is 4.28. The van der Waals surface area contributed by atoms with E-state index in [-0.39, 0.29) is 5.56 Å². The molecule has 0 aliphatic carbocycles. The summed E-state index contributed by atoms with van der Waals surface area (Å²) in [6.45, 7) is 0. The molecule has 0 radical (unpaired) electrons. The molecule has 1 aromatic heterocycles. The van der Waals surface area contributed by atoms with E-state index in [1.165, 1.54) is 0 Å². The third-order valence-corrected chi connectivity index (χ3v) is 5.73. The van der Waals surface area contributed by atoms with E-state index in [1.54, 1.807) is 0 Å². The van der Waals surface area contributed by atoms with Crippen LogP contribution in [0.4, 0.5) is 0 Å². The van der Waals surface area contributed by atoms with Crippen LogP contribution in [0.5, 0.6) is 0 Å². The minimum Gasteiger partial charge on any atom is -0.387 e. The zero-order chi connectivity index (χ0) is 20.5. The lowest BCUT2D eigenvalue weighted by atomic mass is 9.82. The van der Waals surface area contributed by atoms with Gasteiger partial charge in [-0.25, -0.2) is 0 Å². The normalized spacial score (nSPS) is 13.4. The molecule has 0 spiro atoms. The van der Waals surface area contributed by atoms with Gasteiger partial charge in [0.25, 0.3) is 5.56 Å². The molecule has 2 N–H and O–H groups in total. The van der Waals surface area contributed by atoms with Gasteiger partial charge in [0, 0.05) is 17.0 Å². The topological polar surface area (TPSA) is 53.1 Å². The van der Waals surface area contributed by atoms with Gasteiger partial charge in [-0.1, -0.05) is 91.0 Å². The van der Waals surface area contributed by atoms with E-state index in [9.17, 15) is 9.90 Å². The summed E-state index contributed by atoms with van der Waals surface area (Å²) in [4.78, 5) is 16.1. The van der Waals surface area contributed by atoms with Gasteiger partial charge < -0.3 is 10.1 Å². The number of benzene rings is 4. The minimum absolute atomic E-state index is 0.179. The second-order valence-electron chi connectivity index (χ2n) is 7.54. The third-order valence-electron chi connectivity index (χ3n) is 5.73. The molecule has 2 unspecified atom stereocenters. The number of H-pyrrole nitrogens is 1. The molecule has 2 atom stereocenters. The first-order chi connectivity index (χ1) is 14.7. The highest BCUT2D eigenvalue weighted by Gasteiger charge is 2.28. The van der Waals surface area contributed by atoms with Crippen LogP contribution in [0.3, 0.4) is 0 Å². The number of aliphatic hydroxyl groups excluding tert-OH is 1. The molecule has 0 aliphatic rings. The number of rotatable bonds is 4. The first kappa shape index (κ1) is 18.3. The van der Waals surface area contributed by atoms with Crippen molar-refractivity contribution in [3.8, 4) is 0 Å². The number of aromatic nitrogens is 1. The van der Waals surface area contributed by atoms with Crippen molar-refractivity contribution in [1.29, 1.82) is 0 Å². The Hall–Kier alpha value is -3.69. The number of hydrogen-bond acceptors (Lipinski definition) is 2. The van der Waals surface area contributed by atoms with Crippen molar-refractivity contribution in [1.82, 2.24) is 4.98 Å². The highest BCUT2D eigenvalue weighted by Crippen LogP contribution is 2.38. The van der Waals surface area contributed by atoms with Crippen LogP contribution in [0.1, 0.15) is 28.7 Å². The quantitative estimate of drug-likeness (QED) is 0.422. The zero-order valence-electron chi connectivity index (χ0n) is 16.3. The Bertz CT molecular complexity index is 1380. The number of aromatic amines is 1. The van der Waals surface area contributed by atoms with E-state index in [4.69, 9.17) is 0 Å². The van der Waals surface area contributed by atoms with Gasteiger partial charge in [-0.2, -0.15) is 0 Å². The molecule has 3 nitrogen and oxygen atoms in total. The molecule has 4 aromatic carbocycles. The van der Waals surface area contributed by atoms with Crippen LogP contribution in [0, 0.1) is 0 Å². The van der Waals surface area contributed by atoms with E-state index in [0.717, 1.165) is 32.8 Å². The summed E-state index contributed by atoms with van der Waals surface area (Å²) in [5.74, 6) is -0.495. The number of pyridine rings is 1. The van der Waals surface area contributed by atoms with Crippen molar-refractivity contribution >= 4 is 21.7 Å². The maximum absolute atomic E-state index is 13.1. The van der Waals surface area contributed by atoms with Crippen LogP contribution in [0.25, 0.3) is 21.7 Å². The lowest BCUT2D eigenvalue weighted by Crippen LogP contribution is -2.22. The Balaban J connectivity index is 1.74. The van der Waals surface area contributed by atoms with Gasteiger partial charge in [-0.3, -0.25) is 4.79 Å². The molecule has 5 aromatic rings. The van der Waals surface area contributed by atoms with E-state index in [1.807, 2.05) is 103 Å². The summed E-state index contributed by atoms with van der Waals surface area (Å²) in [7, 11) is 0. The van der Waals surface area contributed by atoms with Crippen molar-refractivity contribution in [3.63, 3.8) is 0 Å². The van der Waals surface area contributed by atoms with Crippen molar-refractivity contribution in [2.24, 2.45) is 0 Å². The van der Waals surface area contributed by atoms with Gasteiger partial charge in [-0.05, 0) is 39.4 Å². The highest BCUT2D eigenvalue weighted by atomic mass is 16.3. The summed E-state index contributed by atoms with van der Waals surface area (Å²) in [6, 6.07) is 33.3. The minimum atomic E-state index is -0.874. The van der Waals surface area contributed by atoms with Crippen LogP contribution in [-0.2, 0) is 0 Å². The Labute approximate surface area is 174 Å². The monoisotopic (exact) mass is 391 g/mol. The number of para-hydroxylation sites is 1. The maximum Gasteiger partial charge on any atom is 0.252 e. The number of hydrogen-bond donors (Lipinski definition) is 2. The number of nitrogens with one attached hydrogen (secondary N) is 1. The molecule has 0 aliphatic heterocycles. The predicted molar refractivity (Wildman–Crippen MR) is 122 cm³/mol. The molecule has 1 heterocycles. The standard InChI is InChI=1S/C27H21NO2/c29-26(22-15-8-13-18-9-4-6-14-21(18)22)25(19-10-2-1-3-11-19)23-17-20-12-5-7-16-24(20)28-27(23)30/h1-17,25-26,29H,(H,28,30). The van der Waals surface area contributed by atoms with Gasteiger partial charge in [0.1, 0.15) is 0 Å². The fraction of sp³-hybridized carbons (Fsp3) is 0.0741. The Kier molecular flexibility index (Phi) is 4.66. The van der Waals surface area contributed by atoms with Crippen LogP contribution in [0.2, 0.25) is 0 Å². The average Bonchev–Trinajstić information content (AvgIpc) is 2.80. The summed E-state index contributed by atoms with van der Waals surface area (Å²) in [6.07, 6.45) is -0.874. The van der Waals surface area contributed by atoms with Crippen molar-refractivity contribution in [2.75, 3.05) is 0 Å².